The van der Waals surface area contributed by atoms with Gasteiger partial charge < -0.3 is 10.6 Å². The summed E-state index contributed by atoms with van der Waals surface area (Å²) in [7, 11) is 0. The predicted octanol–water partition coefficient (Wildman–Crippen LogP) is 2.69. The molecule has 1 aliphatic rings. The molecule has 0 unspecified atom stereocenters. The van der Waals surface area contributed by atoms with Gasteiger partial charge in [0.15, 0.2) is 0 Å². The normalized spacial score (nSPS) is 20.0. The molecule has 1 saturated heterocycles. The van der Waals surface area contributed by atoms with E-state index in [1.807, 2.05) is 18.2 Å². The van der Waals surface area contributed by atoms with Crippen LogP contribution in [0.15, 0.2) is 27.1 Å². The van der Waals surface area contributed by atoms with E-state index in [-0.39, 0.29) is 11.9 Å². The Hall–Kier alpha value is -0.390. The number of piperidine rings is 1. The van der Waals surface area contributed by atoms with E-state index in [1.165, 1.54) is 0 Å². The van der Waals surface area contributed by atoms with Gasteiger partial charge in [-0.2, -0.15) is 0 Å². The molecule has 1 aromatic rings. The smallest absolute Gasteiger partial charge is 0.252 e. The predicted molar refractivity (Wildman–Crippen MR) is 75.2 cm³/mol. The molecule has 0 aromatic heterocycles. The first-order valence-electron chi connectivity index (χ1n) is 5.63. The highest BCUT2D eigenvalue weighted by Crippen LogP contribution is 2.22. The standard InChI is InChI=1S/C12H14Br2N2O/c13-8-3-4-10(11(14)6-8)12(17)16-9-2-1-5-15-7-9/h3-4,6,9,15H,1-2,5,7H2,(H,16,17)/t9-/m0/s1. The molecule has 0 spiro atoms. The fraction of sp³-hybridized carbons (Fsp3) is 0.417. The van der Waals surface area contributed by atoms with E-state index in [4.69, 9.17) is 0 Å². The average molecular weight is 362 g/mol. The third-order valence-electron chi connectivity index (χ3n) is 2.81. The van der Waals surface area contributed by atoms with Crippen LogP contribution in [-0.2, 0) is 0 Å². The molecule has 2 N–H and O–H groups in total. The van der Waals surface area contributed by atoms with Gasteiger partial charge >= 0.3 is 0 Å². The number of nitrogens with one attached hydrogen (secondary N) is 2. The number of hydrogen-bond acceptors (Lipinski definition) is 2. The molecule has 0 aliphatic carbocycles. The molecule has 2 rings (SSSR count). The van der Waals surface area contributed by atoms with E-state index in [9.17, 15) is 4.79 Å². The molecule has 92 valence electrons. The Morgan fingerprint density at radius 2 is 2.24 bits per heavy atom. The summed E-state index contributed by atoms with van der Waals surface area (Å²) in [6.07, 6.45) is 2.17. The maximum atomic E-state index is 12.1. The van der Waals surface area contributed by atoms with Crippen molar-refractivity contribution in [2.45, 2.75) is 18.9 Å². The first kappa shape index (κ1) is 13.1. The first-order valence-corrected chi connectivity index (χ1v) is 7.22. The molecular weight excluding hydrogens is 348 g/mol. The minimum atomic E-state index is -0.0157. The van der Waals surface area contributed by atoms with Crippen molar-refractivity contribution in [3.63, 3.8) is 0 Å². The van der Waals surface area contributed by atoms with Crippen LogP contribution in [0, 0.1) is 0 Å². The van der Waals surface area contributed by atoms with Crippen LogP contribution < -0.4 is 10.6 Å². The zero-order chi connectivity index (χ0) is 12.3. The second-order valence-corrected chi connectivity index (χ2v) is 5.91. The second-order valence-electron chi connectivity index (χ2n) is 4.14. The third kappa shape index (κ3) is 3.53. The van der Waals surface area contributed by atoms with E-state index in [1.54, 1.807) is 0 Å². The summed E-state index contributed by atoms with van der Waals surface area (Å²) >= 11 is 6.78. The Morgan fingerprint density at radius 3 is 2.88 bits per heavy atom. The largest absolute Gasteiger partial charge is 0.348 e. The fourth-order valence-electron chi connectivity index (χ4n) is 1.91. The van der Waals surface area contributed by atoms with Crippen molar-refractivity contribution in [3.05, 3.63) is 32.7 Å². The number of rotatable bonds is 2. The van der Waals surface area contributed by atoms with E-state index in [0.29, 0.717) is 5.56 Å². The molecular formula is C12H14Br2N2O. The maximum Gasteiger partial charge on any atom is 0.252 e. The fourth-order valence-corrected chi connectivity index (χ4v) is 3.14. The minimum Gasteiger partial charge on any atom is -0.348 e. The van der Waals surface area contributed by atoms with Crippen LogP contribution in [0.1, 0.15) is 23.2 Å². The molecule has 1 fully saturated rings. The SMILES string of the molecule is O=C(N[C@H]1CCCNC1)c1ccc(Br)cc1Br. The van der Waals surface area contributed by atoms with Crippen molar-refractivity contribution >= 4 is 37.8 Å². The summed E-state index contributed by atoms with van der Waals surface area (Å²) in [6.45, 7) is 1.91. The Kier molecular flexibility index (Phi) is 4.59. The number of amides is 1. The van der Waals surface area contributed by atoms with Gasteiger partial charge in [-0.05, 0) is 53.5 Å². The molecule has 1 amide bonds. The topological polar surface area (TPSA) is 41.1 Å². The van der Waals surface area contributed by atoms with Crippen molar-refractivity contribution in [1.29, 1.82) is 0 Å². The number of hydrogen-bond donors (Lipinski definition) is 2. The summed E-state index contributed by atoms with van der Waals surface area (Å²) < 4.78 is 1.77. The van der Waals surface area contributed by atoms with Gasteiger partial charge in [-0.25, -0.2) is 0 Å². The van der Waals surface area contributed by atoms with Crippen LogP contribution in [0.5, 0.6) is 0 Å². The van der Waals surface area contributed by atoms with Crippen LogP contribution in [0.4, 0.5) is 0 Å². The molecule has 17 heavy (non-hydrogen) atoms. The lowest BCUT2D eigenvalue weighted by Gasteiger charge is -2.24. The minimum absolute atomic E-state index is 0.0157. The first-order chi connectivity index (χ1) is 8.16. The maximum absolute atomic E-state index is 12.1. The summed E-state index contributed by atoms with van der Waals surface area (Å²) in [5.41, 5.74) is 0.679. The third-order valence-corrected chi connectivity index (χ3v) is 3.96. The van der Waals surface area contributed by atoms with Crippen LogP contribution in [0.2, 0.25) is 0 Å². The summed E-state index contributed by atoms with van der Waals surface area (Å²) in [4.78, 5) is 12.1. The van der Waals surface area contributed by atoms with Crippen molar-refractivity contribution in [2.24, 2.45) is 0 Å². The molecule has 0 radical (unpaired) electrons. The lowest BCUT2D eigenvalue weighted by molar-refractivity contribution is 0.0930. The van der Waals surface area contributed by atoms with Gasteiger partial charge in [0, 0.05) is 21.5 Å². The van der Waals surface area contributed by atoms with Crippen molar-refractivity contribution in [3.8, 4) is 0 Å². The van der Waals surface area contributed by atoms with Gasteiger partial charge in [0.2, 0.25) is 0 Å². The average Bonchev–Trinajstić information content (AvgIpc) is 2.30. The number of carbonyl (C=O) groups is 1. The lowest BCUT2D eigenvalue weighted by atomic mass is 10.1. The molecule has 1 atom stereocenters. The second kappa shape index (κ2) is 5.98. The van der Waals surface area contributed by atoms with Crippen molar-refractivity contribution in [2.75, 3.05) is 13.1 Å². The van der Waals surface area contributed by atoms with Gasteiger partial charge in [0.05, 0.1) is 5.56 Å². The molecule has 0 saturated carbocycles. The highest BCUT2D eigenvalue weighted by atomic mass is 79.9. The van der Waals surface area contributed by atoms with E-state index in [0.717, 1.165) is 34.9 Å². The highest BCUT2D eigenvalue weighted by molar-refractivity contribution is 9.11. The van der Waals surface area contributed by atoms with Gasteiger partial charge in [-0.3, -0.25) is 4.79 Å². The molecule has 0 bridgehead atoms. The Bertz CT molecular complexity index is 417. The van der Waals surface area contributed by atoms with Crippen LogP contribution in [0.3, 0.4) is 0 Å². The zero-order valence-corrected chi connectivity index (χ0v) is 12.5. The van der Waals surface area contributed by atoms with Crippen LogP contribution >= 0.6 is 31.9 Å². The Balaban J connectivity index is 2.03. The monoisotopic (exact) mass is 360 g/mol. The number of halogens is 2. The van der Waals surface area contributed by atoms with Crippen LogP contribution in [0.25, 0.3) is 0 Å². The van der Waals surface area contributed by atoms with Crippen LogP contribution in [-0.4, -0.2) is 25.0 Å². The van der Waals surface area contributed by atoms with E-state index >= 15 is 0 Å². The lowest BCUT2D eigenvalue weighted by Crippen LogP contribution is -2.45. The molecule has 1 heterocycles. The summed E-state index contributed by atoms with van der Waals surface area (Å²) in [6, 6.07) is 5.82. The summed E-state index contributed by atoms with van der Waals surface area (Å²) in [5.74, 6) is -0.0157. The molecule has 5 heteroatoms. The van der Waals surface area contributed by atoms with Crippen molar-refractivity contribution < 1.29 is 4.79 Å². The summed E-state index contributed by atoms with van der Waals surface area (Å²) in [5, 5.41) is 6.33. The van der Waals surface area contributed by atoms with E-state index in [2.05, 4.69) is 42.5 Å². The quantitative estimate of drug-likeness (QED) is 0.850. The number of carbonyl (C=O) groups excluding carboxylic acids is 1. The number of benzene rings is 1. The van der Waals surface area contributed by atoms with E-state index < -0.39 is 0 Å². The Labute approximate surface area is 118 Å². The van der Waals surface area contributed by atoms with Gasteiger partial charge in [0.25, 0.3) is 5.91 Å². The molecule has 3 nitrogen and oxygen atoms in total. The van der Waals surface area contributed by atoms with Gasteiger partial charge in [-0.15, -0.1) is 0 Å². The highest BCUT2D eigenvalue weighted by Gasteiger charge is 2.17. The van der Waals surface area contributed by atoms with Gasteiger partial charge in [-0.1, -0.05) is 15.9 Å². The molecule has 1 aromatic carbocycles. The van der Waals surface area contributed by atoms with Gasteiger partial charge in [0.1, 0.15) is 0 Å². The van der Waals surface area contributed by atoms with Crippen molar-refractivity contribution in [1.82, 2.24) is 10.6 Å². The zero-order valence-electron chi connectivity index (χ0n) is 9.30. The Morgan fingerprint density at radius 1 is 1.41 bits per heavy atom. The molecule has 1 aliphatic heterocycles.